The van der Waals surface area contributed by atoms with Gasteiger partial charge >= 0.3 is 5.97 Å². The van der Waals surface area contributed by atoms with Crippen LogP contribution in [0.25, 0.3) is 11.2 Å². The molecule has 6 N–H and O–H groups in total. The topological polar surface area (TPSA) is 193 Å². The Hall–Kier alpha value is -4.35. The van der Waals surface area contributed by atoms with Crippen LogP contribution in [0.4, 0.5) is 11.6 Å². The lowest BCUT2D eigenvalue weighted by atomic mass is 9.83. The number of aromatic nitrogens is 4. The molecule has 3 aromatic rings. The molecule has 0 bridgehead atoms. The van der Waals surface area contributed by atoms with Crippen LogP contribution in [0.2, 0.25) is 0 Å². The van der Waals surface area contributed by atoms with E-state index in [1.54, 1.807) is 24.3 Å². The van der Waals surface area contributed by atoms with Crippen molar-refractivity contribution in [1.82, 2.24) is 25.3 Å². The molecule has 190 valence electrons. The van der Waals surface area contributed by atoms with Crippen LogP contribution < -0.4 is 21.9 Å². The maximum absolute atomic E-state index is 12.6. The lowest BCUT2D eigenvalue weighted by Crippen LogP contribution is -2.41. The second-order valence-electron chi connectivity index (χ2n) is 8.98. The lowest BCUT2D eigenvalue weighted by molar-refractivity contribution is -0.139. The van der Waals surface area contributed by atoms with Gasteiger partial charge in [-0.25, -0.2) is 14.8 Å². The zero-order valence-electron chi connectivity index (χ0n) is 20.3. The van der Waals surface area contributed by atoms with Gasteiger partial charge in [0.1, 0.15) is 11.8 Å². The maximum atomic E-state index is 12.6. The smallest absolute Gasteiger partial charge is 0.326 e. The second kappa shape index (κ2) is 10.9. The predicted octanol–water partition coefficient (Wildman–Crippen LogP) is 1.88. The number of carboxylic acids is 1. The zero-order valence-corrected chi connectivity index (χ0v) is 20.3. The maximum Gasteiger partial charge on any atom is 0.326 e. The van der Waals surface area contributed by atoms with Crippen molar-refractivity contribution in [2.45, 2.75) is 52.6 Å². The zero-order chi connectivity index (χ0) is 26.5. The van der Waals surface area contributed by atoms with Crippen LogP contribution in [-0.2, 0) is 16.1 Å². The molecule has 1 atom stereocenters. The van der Waals surface area contributed by atoms with Crippen molar-refractivity contribution in [3.05, 3.63) is 52.1 Å². The number of hydrogen-bond donors (Lipinski definition) is 5. The Morgan fingerprint density at radius 3 is 2.50 bits per heavy atom. The molecule has 0 saturated heterocycles. The van der Waals surface area contributed by atoms with E-state index in [9.17, 15) is 24.3 Å². The number of H-pyrrole nitrogens is 1. The van der Waals surface area contributed by atoms with Gasteiger partial charge in [-0.3, -0.25) is 19.4 Å². The number of nitrogen functional groups attached to an aromatic ring is 1. The normalized spacial score (nSPS) is 12.2. The van der Waals surface area contributed by atoms with Gasteiger partial charge in [-0.15, -0.1) is 0 Å². The molecular formula is C24H29N7O5. The van der Waals surface area contributed by atoms with Gasteiger partial charge in [0.15, 0.2) is 11.2 Å². The fourth-order valence-corrected chi connectivity index (χ4v) is 3.30. The molecule has 36 heavy (non-hydrogen) atoms. The molecule has 1 amide bonds. The van der Waals surface area contributed by atoms with E-state index in [1.807, 2.05) is 20.8 Å². The number of carbonyl (C=O) groups is 3. The summed E-state index contributed by atoms with van der Waals surface area (Å²) in [5.74, 6) is -1.83. The summed E-state index contributed by atoms with van der Waals surface area (Å²) < 4.78 is 0. The number of carboxylic acid groups (broad SMARTS) is 1. The number of carbonyl (C=O) groups excluding carboxylic acids is 2. The molecule has 1 aromatic carbocycles. The van der Waals surface area contributed by atoms with Crippen molar-refractivity contribution in [2.24, 2.45) is 5.41 Å². The highest BCUT2D eigenvalue weighted by atomic mass is 16.4. The van der Waals surface area contributed by atoms with Crippen molar-refractivity contribution in [2.75, 3.05) is 11.1 Å². The number of rotatable bonds is 11. The molecule has 0 spiro atoms. The first-order chi connectivity index (χ1) is 17.0. The molecule has 0 saturated carbocycles. The van der Waals surface area contributed by atoms with Crippen molar-refractivity contribution >= 4 is 40.5 Å². The fourth-order valence-electron chi connectivity index (χ4n) is 3.30. The van der Waals surface area contributed by atoms with Crippen LogP contribution in [0.5, 0.6) is 0 Å². The summed E-state index contributed by atoms with van der Waals surface area (Å²) in [6.45, 7) is 5.79. The number of amides is 1. The van der Waals surface area contributed by atoms with Crippen molar-refractivity contribution < 1.29 is 19.5 Å². The molecule has 0 aliphatic rings. The Kier molecular flexibility index (Phi) is 7.97. The second-order valence-corrected chi connectivity index (χ2v) is 8.98. The summed E-state index contributed by atoms with van der Waals surface area (Å²) >= 11 is 0. The Labute approximate surface area is 206 Å². The number of aliphatic carboxylic acids is 1. The van der Waals surface area contributed by atoms with Crippen molar-refractivity contribution in [1.29, 1.82) is 0 Å². The highest BCUT2D eigenvalue weighted by molar-refractivity contribution is 5.97. The lowest BCUT2D eigenvalue weighted by Gasteiger charge is -2.22. The molecule has 1 unspecified atom stereocenters. The van der Waals surface area contributed by atoms with Crippen LogP contribution in [0.1, 0.15) is 56.1 Å². The number of nitrogens with two attached hydrogens (primary N) is 1. The third-order valence-corrected chi connectivity index (χ3v) is 6.01. The van der Waals surface area contributed by atoms with Crippen LogP contribution >= 0.6 is 0 Å². The summed E-state index contributed by atoms with van der Waals surface area (Å²) in [4.78, 5) is 63.2. The SMILES string of the molecule is CCC(C)(C)C(=O)CCC(NC(=O)c1ccc(NCc2cnc3nc(N)[nH]c(=O)c3n2)cc1)C(=O)O. The van der Waals surface area contributed by atoms with E-state index in [0.29, 0.717) is 17.8 Å². The number of hydrogen-bond acceptors (Lipinski definition) is 9. The number of anilines is 2. The van der Waals surface area contributed by atoms with E-state index < -0.39 is 28.9 Å². The summed E-state index contributed by atoms with van der Waals surface area (Å²) in [5, 5.41) is 15.1. The molecule has 0 aliphatic heterocycles. The predicted molar refractivity (Wildman–Crippen MR) is 133 cm³/mol. The van der Waals surface area contributed by atoms with Gasteiger partial charge < -0.3 is 21.5 Å². The minimum atomic E-state index is -1.20. The summed E-state index contributed by atoms with van der Waals surface area (Å²) in [7, 11) is 0. The molecular weight excluding hydrogens is 466 g/mol. The van der Waals surface area contributed by atoms with Crippen LogP contribution in [0.3, 0.4) is 0 Å². The average Bonchev–Trinajstić information content (AvgIpc) is 2.85. The van der Waals surface area contributed by atoms with Crippen LogP contribution in [-0.4, -0.2) is 48.7 Å². The summed E-state index contributed by atoms with van der Waals surface area (Å²) in [5.41, 5.74) is 6.13. The first-order valence-corrected chi connectivity index (χ1v) is 11.4. The number of benzene rings is 1. The minimum Gasteiger partial charge on any atom is -0.480 e. The van der Waals surface area contributed by atoms with E-state index in [2.05, 4.69) is 30.6 Å². The van der Waals surface area contributed by atoms with Gasteiger partial charge in [-0.05, 0) is 37.1 Å². The Balaban J connectivity index is 1.59. The number of Topliss-reactive ketones (excluding diaryl/α,β-unsaturated/α-hetero) is 1. The van der Waals surface area contributed by atoms with E-state index in [-0.39, 0.29) is 47.8 Å². The third kappa shape index (κ3) is 6.40. The van der Waals surface area contributed by atoms with E-state index in [1.165, 1.54) is 6.20 Å². The molecule has 0 radical (unpaired) electrons. The van der Waals surface area contributed by atoms with Gasteiger partial charge in [0, 0.05) is 23.1 Å². The van der Waals surface area contributed by atoms with E-state index in [0.717, 1.165) is 0 Å². The molecule has 2 heterocycles. The summed E-state index contributed by atoms with van der Waals surface area (Å²) in [6, 6.07) is 5.23. The van der Waals surface area contributed by atoms with E-state index in [4.69, 9.17) is 5.73 Å². The third-order valence-electron chi connectivity index (χ3n) is 6.01. The fraction of sp³-hybridized carbons (Fsp3) is 0.375. The monoisotopic (exact) mass is 495 g/mol. The molecule has 12 nitrogen and oxygen atoms in total. The van der Waals surface area contributed by atoms with Crippen molar-refractivity contribution in [3.8, 4) is 0 Å². The molecule has 3 rings (SSSR count). The van der Waals surface area contributed by atoms with Gasteiger partial charge in [0.25, 0.3) is 11.5 Å². The molecule has 2 aromatic heterocycles. The average molecular weight is 496 g/mol. The van der Waals surface area contributed by atoms with Gasteiger partial charge in [0.2, 0.25) is 5.95 Å². The van der Waals surface area contributed by atoms with Gasteiger partial charge in [0.05, 0.1) is 18.4 Å². The Morgan fingerprint density at radius 1 is 1.17 bits per heavy atom. The number of nitrogens with zero attached hydrogens (tertiary/aromatic N) is 3. The highest BCUT2D eigenvalue weighted by Crippen LogP contribution is 2.23. The first-order valence-electron chi connectivity index (χ1n) is 11.4. The Bertz CT molecular complexity index is 1330. The van der Waals surface area contributed by atoms with Gasteiger partial charge in [-0.1, -0.05) is 20.8 Å². The van der Waals surface area contributed by atoms with Crippen molar-refractivity contribution in [3.63, 3.8) is 0 Å². The largest absolute Gasteiger partial charge is 0.480 e. The number of nitrogens with one attached hydrogen (secondary N) is 3. The van der Waals surface area contributed by atoms with Crippen LogP contribution in [0, 0.1) is 5.41 Å². The standard InChI is InChI=1S/C24H29N7O5/c1-4-24(2,3)17(32)10-9-16(22(35)36)29-20(33)13-5-7-14(8-6-13)26-11-15-12-27-19-18(28-15)21(34)31-23(25)30-19/h5-8,12,16,26H,4,9-11H2,1-3H3,(H,29,33)(H,35,36)(H3,25,27,30,31,34). The van der Waals surface area contributed by atoms with Gasteiger partial charge in [-0.2, -0.15) is 4.98 Å². The molecule has 0 aliphatic carbocycles. The summed E-state index contributed by atoms with van der Waals surface area (Å²) in [6.07, 6.45) is 2.20. The first kappa shape index (κ1) is 26.3. The number of fused-ring (bicyclic) bond motifs is 1. The minimum absolute atomic E-state index is 0.0146. The van der Waals surface area contributed by atoms with Crippen LogP contribution in [0.15, 0.2) is 35.3 Å². The van der Waals surface area contributed by atoms with E-state index >= 15 is 0 Å². The number of aromatic amines is 1. The number of ketones is 1. The molecule has 0 fully saturated rings. The Morgan fingerprint density at radius 2 is 1.86 bits per heavy atom. The highest BCUT2D eigenvalue weighted by Gasteiger charge is 2.28. The quantitative estimate of drug-likeness (QED) is 0.262. The molecule has 12 heteroatoms.